The second-order valence-corrected chi connectivity index (χ2v) is 13.5. The highest BCUT2D eigenvalue weighted by Crippen LogP contribution is 2.42. The molecule has 1 fully saturated rings. The van der Waals surface area contributed by atoms with E-state index in [9.17, 15) is 9.59 Å². The third kappa shape index (κ3) is 6.61. The molecule has 2 atom stereocenters. The molecule has 0 spiro atoms. The van der Waals surface area contributed by atoms with Gasteiger partial charge in [0.05, 0.1) is 24.2 Å². The highest BCUT2D eigenvalue weighted by molar-refractivity contribution is 7.97. The Labute approximate surface area is 246 Å². The average Bonchev–Trinajstić information content (AvgIpc) is 3.50. The third-order valence-corrected chi connectivity index (χ3v) is 8.93. The minimum Gasteiger partial charge on any atom is -0.366 e. The number of carbonyl (C=O) groups is 1. The molecule has 1 saturated heterocycles. The SMILES string of the molecule is CC#N.CN(C(=O)[C@@H]1CCC(n2nc(Nc3ccc4c(c3)CN(C(C)(C)C)S4)c3c(=O)[nH]ccc32)CO1)C(C)(C)C. The summed E-state index contributed by atoms with van der Waals surface area (Å²) in [6.45, 7) is 15.3. The molecule has 41 heavy (non-hydrogen) atoms. The monoisotopic (exact) mass is 579 g/mol. The van der Waals surface area contributed by atoms with Gasteiger partial charge in [0.2, 0.25) is 0 Å². The van der Waals surface area contributed by atoms with Crippen molar-refractivity contribution in [2.45, 2.75) is 96.0 Å². The van der Waals surface area contributed by atoms with Crippen molar-refractivity contribution in [1.29, 1.82) is 5.26 Å². The Morgan fingerprint density at radius 1 is 1.22 bits per heavy atom. The average molecular weight is 580 g/mol. The molecule has 5 rings (SSSR count). The molecule has 220 valence electrons. The highest BCUT2D eigenvalue weighted by Gasteiger charge is 2.34. The number of aromatic amines is 1. The molecular weight excluding hydrogens is 538 g/mol. The third-order valence-electron chi connectivity index (χ3n) is 7.43. The molecule has 0 saturated carbocycles. The van der Waals surface area contributed by atoms with E-state index in [2.05, 4.69) is 47.5 Å². The van der Waals surface area contributed by atoms with E-state index in [0.29, 0.717) is 24.2 Å². The van der Waals surface area contributed by atoms with Crippen LogP contribution in [-0.2, 0) is 16.1 Å². The van der Waals surface area contributed by atoms with Gasteiger partial charge in [0.25, 0.3) is 11.5 Å². The van der Waals surface area contributed by atoms with Crippen LogP contribution in [0.5, 0.6) is 0 Å². The van der Waals surface area contributed by atoms with Crippen molar-refractivity contribution in [2.75, 3.05) is 19.0 Å². The van der Waals surface area contributed by atoms with Crippen LogP contribution >= 0.6 is 11.9 Å². The van der Waals surface area contributed by atoms with Crippen molar-refractivity contribution in [3.05, 3.63) is 46.4 Å². The van der Waals surface area contributed by atoms with Crippen LogP contribution < -0.4 is 10.9 Å². The number of likely N-dealkylation sites (N-methyl/N-ethyl adjacent to an activating group) is 1. The van der Waals surface area contributed by atoms with Gasteiger partial charge in [0.15, 0.2) is 5.82 Å². The number of rotatable bonds is 4. The molecule has 2 aliphatic heterocycles. The number of hydrogen-bond donors (Lipinski definition) is 2. The van der Waals surface area contributed by atoms with Gasteiger partial charge in [-0.1, -0.05) is 0 Å². The first-order valence-corrected chi connectivity index (χ1v) is 14.7. The van der Waals surface area contributed by atoms with E-state index in [4.69, 9.17) is 15.1 Å². The van der Waals surface area contributed by atoms with Gasteiger partial charge < -0.3 is 19.9 Å². The van der Waals surface area contributed by atoms with Crippen LogP contribution in [-0.4, -0.2) is 60.7 Å². The summed E-state index contributed by atoms with van der Waals surface area (Å²) in [6, 6.07) is 9.85. The number of amides is 1. The molecule has 2 aliphatic rings. The molecule has 10 nitrogen and oxygen atoms in total. The maximum atomic E-state index is 12.9. The first-order valence-electron chi connectivity index (χ1n) is 13.9. The number of nitrogens with one attached hydrogen (secondary N) is 2. The molecule has 1 amide bonds. The Kier molecular flexibility index (Phi) is 8.87. The molecule has 0 bridgehead atoms. The number of pyridine rings is 1. The smallest absolute Gasteiger partial charge is 0.261 e. The van der Waals surface area contributed by atoms with E-state index in [1.807, 2.05) is 44.6 Å². The second-order valence-electron chi connectivity index (χ2n) is 12.5. The first-order chi connectivity index (χ1) is 19.2. The fourth-order valence-corrected chi connectivity index (χ4v) is 5.91. The lowest BCUT2D eigenvalue weighted by atomic mass is 10.0. The van der Waals surface area contributed by atoms with Crippen LogP contribution in [0.25, 0.3) is 10.9 Å². The summed E-state index contributed by atoms with van der Waals surface area (Å²) in [7, 11) is 1.82. The van der Waals surface area contributed by atoms with Gasteiger partial charge in [-0.2, -0.15) is 10.4 Å². The van der Waals surface area contributed by atoms with Gasteiger partial charge in [-0.15, -0.1) is 0 Å². The van der Waals surface area contributed by atoms with E-state index in [1.54, 1.807) is 29.1 Å². The number of fused-ring (bicyclic) bond motifs is 2. The normalized spacial score (nSPS) is 19.2. The van der Waals surface area contributed by atoms with E-state index >= 15 is 0 Å². The number of nitrogens with zero attached hydrogens (tertiary/aromatic N) is 5. The fourth-order valence-electron chi connectivity index (χ4n) is 4.82. The largest absolute Gasteiger partial charge is 0.366 e. The summed E-state index contributed by atoms with van der Waals surface area (Å²) in [5.74, 6) is 0.519. The van der Waals surface area contributed by atoms with Gasteiger partial charge in [-0.25, -0.2) is 4.31 Å². The summed E-state index contributed by atoms with van der Waals surface area (Å²) < 4.78 is 10.3. The molecule has 3 aromatic rings. The minimum absolute atomic E-state index is 0.000118. The quantitative estimate of drug-likeness (QED) is 0.384. The molecular formula is C30H41N7O3S. The van der Waals surface area contributed by atoms with Gasteiger partial charge in [0, 0.05) is 48.4 Å². The standard InChI is InChI=1S/C28H38N6O3S.C2H3N/c1-27(2,3)32(7)26(36)21-10-9-19(16-37-21)34-20-12-13-29-25(35)23(20)24(31-34)30-18-8-11-22-17(14-18)15-33(38-22)28(4,5)6;1-2-3/h8,11-14,19,21H,9-10,15-16H2,1-7H3,(H,29,35)(H,30,31);1H3/t19?,21-;/m0./s1. The van der Waals surface area contributed by atoms with Gasteiger partial charge in [-0.3, -0.25) is 14.3 Å². The molecule has 0 radical (unpaired) electrons. The van der Waals surface area contributed by atoms with Crippen molar-refractivity contribution < 1.29 is 9.53 Å². The molecule has 0 aliphatic carbocycles. The van der Waals surface area contributed by atoms with Gasteiger partial charge in [0.1, 0.15) is 11.5 Å². The highest BCUT2D eigenvalue weighted by atomic mass is 32.2. The summed E-state index contributed by atoms with van der Waals surface area (Å²) in [6.07, 6.45) is 2.52. The lowest BCUT2D eigenvalue weighted by Crippen LogP contribution is -2.49. The van der Waals surface area contributed by atoms with Crippen LogP contribution in [0.15, 0.2) is 40.2 Å². The number of carbonyl (C=O) groups excluding carboxylic acids is 1. The van der Waals surface area contributed by atoms with Crippen molar-refractivity contribution in [3.63, 3.8) is 0 Å². The number of benzene rings is 1. The number of anilines is 2. The molecule has 1 unspecified atom stereocenters. The number of nitriles is 1. The molecule has 2 N–H and O–H groups in total. The zero-order valence-electron chi connectivity index (χ0n) is 25.2. The van der Waals surface area contributed by atoms with E-state index in [-0.39, 0.29) is 28.6 Å². The Bertz CT molecular complexity index is 1500. The zero-order chi connectivity index (χ0) is 30.1. The van der Waals surface area contributed by atoms with Crippen LogP contribution in [0.4, 0.5) is 11.5 Å². The summed E-state index contributed by atoms with van der Waals surface area (Å²) in [5.41, 5.74) is 2.50. The van der Waals surface area contributed by atoms with E-state index in [0.717, 1.165) is 24.2 Å². The molecule has 4 heterocycles. The number of H-pyrrole nitrogens is 1. The summed E-state index contributed by atoms with van der Waals surface area (Å²) in [5, 5.41) is 16.1. The van der Waals surface area contributed by atoms with Crippen LogP contribution in [0, 0.1) is 11.3 Å². The maximum Gasteiger partial charge on any atom is 0.261 e. The Balaban J connectivity index is 0.00000124. The van der Waals surface area contributed by atoms with Crippen molar-refractivity contribution in [1.82, 2.24) is 24.0 Å². The molecule has 1 aromatic carbocycles. The van der Waals surface area contributed by atoms with Crippen molar-refractivity contribution >= 4 is 40.3 Å². The predicted molar refractivity (Wildman–Crippen MR) is 163 cm³/mol. The van der Waals surface area contributed by atoms with Gasteiger partial charge >= 0.3 is 0 Å². The summed E-state index contributed by atoms with van der Waals surface area (Å²) in [4.78, 5) is 31.6. The second kappa shape index (κ2) is 11.9. The topological polar surface area (TPSA) is 119 Å². The lowest BCUT2D eigenvalue weighted by Gasteiger charge is -2.37. The van der Waals surface area contributed by atoms with Crippen LogP contribution in [0.1, 0.15) is 72.9 Å². The van der Waals surface area contributed by atoms with E-state index < -0.39 is 6.10 Å². The number of ether oxygens (including phenoxy) is 1. The zero-order valence-corrected chi connectivity index (χ0v) is 26.1. The Morgan fingerprint density at radius 2 is 1.93 bits per heavy atom. The predicted octanol–water partition coefficient (Wildman–Crippen LogP) is 5.60. The first kappa shape index (κ1) is 30.6. The summed E-state index contributed by atoms with van der Waals surface area (Å²) >= 11 is 1.78. The Morgan fingerprint density at radius 3 is 2.54 bits per heavy atom. The van der Waals surface area contributed by atoms with Crippen molar-refractivity contribution in [2.24, 2.45) is 0 Å². The molecule has 11 heteroatoms. The van der Waals surface area contributed by atoms with Crippen molar-refractivity contribution in [3.8, 4) is 6.07 Å². The Hall–Kier alpha value is -3.33. The van der Waals surface area contributed by atoms with Gasteiger partial charge in [-0.05, 0) is 96.2 Å². The maximum absolute atomic E-state index is 12.9. The van der Waals surface area contributed by atoms with Crippen LogP contribution in [0.2, 0.25) is 0 Å². The molecule has 2 aromatic heterocycles. The minimum atomic E-state index is -0.463. The van der Waals surface area contributed by atoms with Crippen LogP contribution in [0.3, 0.4) is 0 Å². The number of aromatic nitrogens is 3. The fraction of sp³-hybridized carbons (Fsp3) is 0.533. The lowest BCUT2D eigenvalue weighted by molar-refractivity contribution is -0.151. The van der Waals surface area contributed by atoms with E-state index in [1.165, 1.54) is 17.4 Å². The number of hydrogen-bond acceptors (Lipinski definition) is 8.